The Kier molecular flexibility index (Phi) is 5.28. The van der Waals surface area contributed by atoms with Gasteiger partial charge in [0.1, 0.15) is 6.61 Å². The molecule has 0 fully saturated rings. The summed E-state index contributed by atoms with van der Waals surface area (Å²) in [5.41, 5.74) is 0.549. The molecule has 2 nitrogen and oxygen atoms in total. The molecule has 0 bridgehead atoms. The Hall–Kier alpha value is -1.23. The first-order valence-electron chi connectivity index (χ1n) is 5.49. The van der Waals surface area contributed by atoms with Crippen LogP contribution in [0.5, 0.6) is 5.75 Å². The molecule has 0 aliphatic rings. The second kappa shape index (κ2) is 6.49. The first-order chi connectivity index (χ1) is 8.06. The van der Waals surface area contributed by atoms with E-state index in [1.807, 2.05) is 13.8 Å². The van der Waals surface area contributed by atoms with Crippen LogP contribution < -0.4 is 10.1 Å². The van der Waals surface area contributed by atoms with Crippen molar-refractivity contribution in [2.75, 3.05) is 13.2 Å². The standard InChI is InChI=1S/C12H16F3NO/c1-3-16-8(2)9-5-4-6-10(13)12(9)17-7-11(14)15/h4-6,8,11,16H,3,7H2,1-2H3. The molecule has 0 radical (unpaired) electrons. The summed E-state index contributed by atoms with van der Waals surface area (Å²) in [5, 5.41) is 3.08. The zero-order valence-electron chi connectivity index (χ0n) is 9.84. The highest BCUT2D eigenvalue weighted by molar-refractivity contribution is 5.37. The van der Waals surface area contributed by atoms with Crippen LogP contribution in [0.4, 0.5) is 13.2 Å². The van der Waals surface area contributed by atoms with Crippen molar-refractivity contribution in [1.82, 2.24) is 5.32 Å². The highest BCUT2D eigenvalue weighted by Gasteiger charge is 2.16. The van der Waals surface area contributed by atoms with Crippen LogP contribution in [-0.2, 0) is 0 Å². The predicted octanol–water partition coefficient (Wildman–Crippen LogP) is 3.14. The monoisotopic (exact) mass is 247 g/mol. The Morgan fingerprint density at radius 3 is 2.65 bits per heavy atom. The second-order valence-corrected chi connectivity index (χ2v) is 3.64. The van der Waals surface area contributed by atoms with Crippen LogP contribution in [0.1, 0.15) is 25.5 Å². The number of benzene rings is 1. The lowest BCUT2D eigenvalue weighted by atomic mass is 10.1. The van der Waals surface area contributed by atoms with Gasteiger partial charge in [0, 0.05) is 11.6 Å². The summed E-state index contributed by atoms with van der Waals surface area (Å²) in [7, 11) is 0. The normalized spacial score (nSPS) is 12.8. The highest BCUT2D eigenvalue weighted by Crippen LogP contribution is 2.28. The largest absolute Gasteiger partial charge is 0.484 e. The number of hydrogen-bond acceptors (Lipinski definition) is 2. The predicted molar refractivity (Wildman–Crippen MR) is 60.0 cm³/mol. The van der Waals surface area contributed by atoms with Crippen molar-refractivity contribution in [3.63, 3.8) is 0 Å². The van der Waals surface area contributed by atoms with E-state index in [4.69, 9.17) is 4.74 Å². The maximum atomic E-state index is 13.5. The minimum atomic E-state index is -2.61. The molecule has 0 saturated carbocycles. The Balaban J connectivity index is 2.91. The van der Waals surface area contributed by atoms with Crippen molar-refractivity contribution >= 4 is 0 Å². The van der Waals surface area contributed by atoms with Crippen molar-refractivity contribution in [3.8, 4) is 5.75 Å². The summed E-state index contributed by atoms with van der Waals surface area (Å²) in [6.45, 7) is 3.64. The minimum absolute atomic E-state index is 0.0961. The number of rotatable bonds is 6. The molecule has 5 heteroatoms. The molecule has 0 heterocycles. The number of ether oxygens (including phenoxy) is 1. The zero-order valence-corrected chi connectivity index (χ0v) is 9.84. The SMILES string of the molecule is CCNC(C)c1cccc(F)c1OCC(F)F. The summed E-state index contributed by atoms with van der Waals surface area (Å²) in [5.74, 6) is -0.714. The lowest BCUT2D eigenvalue weighted by Crippen LogP contribution is -2.19. The van der Waals surface area contributed by atoms with E-state index in [0.29, 0.717) is 12.1 Å². The third kappa shape index (κ3) is 3.93. The van der Waals surface area contributed by atoms with Gasteiger partial charge in [-0.3, -0.25) is 0 Å². The molecule has 1 atom stereocenters. The van der Waals surface area contributed by atoms with E-state index in [0.717, 1.165) is 0 Å². The summed E-state index contributed by atoms with van der Waals surface area (Å²) >= 11 is 0. The smallest absolute Gasteiger partial charge is 0.272 e. The number of hydrogen-bond donors (Lipinski definition) is 1. The van der Waals surface area contributed by atoms with Gasteiger partial charge in [-0.1, -0.05) is 19.1 Å². The van der Waals surface area contributed by atoms with Crippen molar-refractivity contribution in [2.45, 2.75) is 26.3 Å². The van der Waals surface area contributed by atoms with Gasteiger partial charge in [-0.15, -0.1) is 0 Å². The van der Waals surface area contributed by atoms with Crippen molar-refractivity contribution in [1.29, 1.82) is 0 Å². The first kappa shape index (κ1) is 13.8. The Morgan fingerprint density at radius 1 is 1.35 bits per heavy atom. The molecule has 0 amide bonds. The topological polar surface area (TPSA) is 21.3 Å². The highest BCUT2D eigenvalue weighted by atomic mass is 19.3. The Morgan fingerprint density at radius 2 is 2.06 bits per heavy atom. The van der Waals surface area contributed by atoms with Gasteiger partial charge in [-0.25, -0.2) is 13.2 Å². The van der Waals surface area contributed by atoms with Gasteiger partial charge >= 0.3 is 0 Å². The number of halogens is 3. The summed E-state index contributed by atoms with van der Waals surface area (Å²) in [6, 6.07) is 4.25. The third-order valence-corrected chi connectivity index (χ3v) is 2.33. The van der Waals surface area contributed by atoms with Gasteiger partial charge in [-0.2, -0.15) is 0 Å². The van der Waals surface area contributed by atoms with Crippen LogP contribution in [0.15, 0.2) is 18.2 Å². The molecule has 0 saturated heterocycles. The van der Waals surface area contributed by atoms with Crippen molar-refractivity contribution in [2.24, 2.45) is 0 Å². The fourth-order valence-corrected chi connectivity index (χ4v) is 1.58. The maximum absolute atomic E-state index is 13.5. The lowest BCUT2D eigenvalue weighted by molar-refractivity contribution is 0.0791. The molecule has 0 aliphatic heterocycles. The van der Waals surface area contributed by atoms with Gasteiger partial charge < -0.3 is 10.1 Å². The number of alkyl halides is 2. The van der Waals surface area contributed by atoms with Crippen molar-refractivity contribution in [3.05, 3.63) is 29.6 Å². The van der Waals surface area contributed by atoms with Crippen molar-refractivity contribution < 1.29 is 17.9 Å². The maximum Gasteiger partial charge on any atom is 0.272 e. The van der Waals surface area contributed by atoms with E-state index in [9.17, 15) is 13.2 Å². The van der Waals surface area contributed by atoms with Gasteiger partial charge in [0.25, 0.3) is 6.43 Å². The van der Waals surface area contributed by atoms with E-state index in [1.54, 1.807) is 6.07 Å². The Bertz CT molecular complexity index is 358. The molecule has 0 spiro atoms. The fourth-order valence-electron chi connectivity index (χ4n) is 1.58. The average Bonchev–Trinajstić information content (AvgIpc) is 2.27. The zero-order chi connectivity index (χ0) is 12.8. The fraction of sp³-hybridized carbons (Fsp3) is 0.500. The van der Waals surface area contributed by atoms with Gasteiger partial charge in [0.05, 0.1) is 0 Å². The van der Waals surface area contributed by atoms with Gasteiger partial charge in [0.15, 0.2) is 11.6 Å². The van der Waals surface area contributed by atoms with E-state index in [1.165, 1.54) is 12.1 Å². The Labute approximate surface area is 98.8 Å². The van der Waals surface area contributed by atoms with E-state index in [-0.39, 0.29) is 11.8 Å². The summed E-state index contributed by atoms with van der Waals surface area (Å²) < 4.78 is 42.5. The summed E-state index contributed by atoms with van der Waals surface area (Å²) in [4.78, 5) is 0. The number of nitrogens with one attached hydrogen (secondary N) is 1. The molecule has 0 aliphatic carbocycles. The lowest BCUT2D eigenvalue weighted by Gasteiger charge is -2.18. The number of para-hydroxylation sites is 1. The van der Waals surface area contributed by atoms with E-state index in [2.05, 4.69) is 5.32 Å². The van der Waals surface area contributed by atoms with Gasteiger partial charge in [0.2, 0.25) is 0 Å². The quantitative estimate of drug-likeness (QED) is 0.833. The molecular formula is C12H16F3NO. The minimum Gasteiger partial charge on any atom is -0.484 e. The van der Waals surface area contributed by atoms with E-state index >= 15 is 0 Å². The van der Waals surface area contributed by atoms with E-state index < -0.39 is 18.8 Å². The molecule has 0 aromatic heterocycles. The second-order valence-electron chi connectivity index (χ2n) is 3.64. The van der Waals surface area contributed by atoms with Crippen LogP contribution in [0.25, 0.3) is 0 Å². The molecule has 96 valence electrons. The average molecular weight is 247 g/mol. The third-order valence-electron chi connectivity index (χ3n) is 2.33. The van der Waals surface area contributed by atoms with Crippen LogP contribution in [0.3, 0.4) is 0 Å². The van der Waals surface area contributed by atoms with Crippen LogP contribution in [0.2, 0.25) is 0 Å². The molecule has 1 rings (SSSR count). The van der Waals surface area contributed by atoms with Gasteiger partial charge in [-0.05, 0) is 19.5 Å². The van der Waals surface area contributed by atoms with Crippen LogP contribution >= 0.6 is 0 Å². The molecule has 1 unspecified atom stereocenters. The first-order valence-corrected chi connectivity index (χ1v) is 5.49. The molecule has 1 aromatic rings. The molecular weight excluding hydrogens is 231 g/mol. The van der Waals surface area contributed by atoms with Crippen LogP contribution in [-0.4, -0.2) is 19.6 Å². The molecule has 1 N–H and O–H groups in total. The molecule has 1 aromatic carbocycles. The molecule has 17 heavy (non-hydrogen) atoms. The van der Waals surface area contributed by atoms with Crippen LogP contribution in [0, 0.1) is 5.82 Å². The summed E-state index contributed by atoms with van der Waals surface area (Å²) in [6.07, 6.45) is -2.61.